The number of likely N-dealkylation sites (N-methyl/N-ethyl adjacent to an activating group) is 1. The Kier molecular flexibility index (Phi) is 6.14. The lowest BCUT2D eigenvalue weighted by molar-refractivity contribution is -0.116. The van der Waals surface area contributed by atoms with Gasteiger partial charge in [0.2, 0.25) is 5.91 Å². The number of amides is 1. The summed E-state index contributed by atoms with van der Waals surface area (Å²) >= 11 is 0. The maximum absolute atomic E-state index is 13.1. The number of halogens is 1. The van der Waals surface area contributed by atoms with Crippen molar-refractivity contribution in [3.8, 4) is 0 Å². The first-order valence-electron chi connectivity index (χ1n) is 7.69. The Bertz CT molecular complexity index is 461. The van der Waals surface area contributed by atoms with E-state index in [1.54, 1.807) is 12.1 Å². The topological polar surface area (TPSA) is 44.4 Å². The van der Waals surface area contributed by atoms with Gasteiger partial charge in [-0.15, -0.1) is 0 Å². The van der Waals surface area contributed by atoms with Gasteiger partial charge in [-0.05, 0) is 44.1 Å². The quantitative estimate of drug-likeness (QED) is 0.845. The molecular formula is C16H24FN3O. The predicted molar refractivity (Wildman–Crippen MR) is 82.8 cm³/mol. The second-order valence-corrected chi connectivity index (χ2v) is 5.44. The van der Waals surface area contributed by atoms with Crippen LogP contribution in [0.1, 0.15) is 26.2 Å². The predicted octanol–water partition coefficient (Wildman–Crippen LogP) is 2.23. The fourth-order valence-electron chi connectivity index (χ4n) is 2.78. The molecule has 2 rings (SSSR count). The maximum Gasteiger partial charge on any atom is 0.225 e. The average Bonchev–Trinajstić information content (AvgIpc) is 2.49. The van der Waals surface area contributed by atoms with Gasteiger partial charge in [-0.25, -0.2) is 4.39 Å². The summed E-state index contributed by atoms with van der Waals surface area (Å²) in [7, 11) is 0. The van der Waals surface area contributed by atoms with E-state index in [2.05, 4.69) is 22.5 Å². The molecule has 1 saturated heterocycles. The monoisotopic (exact) mass is 293 g/mol. The Morgan fingerprint density at radius 2 is 2.38 bits per heavy atom. The highest BCUT2D eigenvalue weighted by Crippen LogP contribution is 2.12. The van der Waals surface area contributed by atoms with Crippen LogP contribution in [-0.2, 0) is 4.79 Å². The summed E-state index contributed by atoms with van der Waals surface area (Å²) in [6.07, 6.45) is 2.81. The lowest BCUT2D eigenvalue weighted by Gasteiger charge is -2.33. The SMILES string of the molecule is CCN(CCC(=O)Nc1cccc(F)c1)C1CCCNC1. The highest BCUT2D eigenvalue weighted by molar-refractivity contribution is 5.90. The number of carbonyl (C=O) groups excluding carboxylic acids is 1. The van der Waals surface area contributed by atoms with E-state index >= 15 is 0 Å². The van der Waals surface area contributed by atoms with E-state index in [-0.39, 0.29) is 11.7 Å². The Morgan fingerprint density at radius 1 is 1.52 bits per heavy atom. The third-order valence-corrected chi connectivity index (χ3v) is 3.93. The van der Waals surface area contributed by atoms with Gasteiger partial charge in [0.1, 0.15) is 5.82 Å². The Labute approximate surface area is 125 Å². The van der Waals surface area contributed by atoms with Crippen LogP contribution < -0.4 is 10.6 Å². The normalized spacial score (nSPS) is 18.7. The molecule has 0 bridgehead atoms. The number of rotatable bonds is 6. The van der Waals surface area contributed by atoms with Crippen molar-refractivity contribution in [2.75, 3.05) is 31.5 Å². The minimum Gasteiger partial charge on any atom is -0.326 e. The first-order chi connectivity index (χ1) is 10.2. The highest BCUT2D eigenvalue weighted by Gasteiger charge is 2.19. The summed E-state index contributed by atoms with van der Waals surface area (Å²) in [6, 6.07) is 6.51. The molecule has 21 heavy (non-hydrogen) atoms. The second kappa shape index (κ2) is 8.10. The van der Waals surface area contributed by atoms with Gasteiger partial charge in [0.15, 0.2) is 0 Å². The molecular weight excluding hydrogens is 269 g/mol. The van der Waals surface area contributed by atoms with Gasteiger partial charge in [0.05, 0.1) is 0 Å². The van der Waals surface area contributed by atoms with Gasteiger partial charge in [-0.1, -0.05) is 13.0 Å². The van der Waals surface area contributed by atoms with Gasteiger partial charge >= 0.3 is 0 Å². The van der Waals surface area contributed by atoms with Crippen molar-refractivity contribution >= 4 is 11.6 Å². The van der Waals surface area contributed by atoms with Gasteiger partial charge in [0, 0.05) is 31.2 Å². The molecule has 0 saturated carbocycles. The van der Waals surface area contributed by atoms with E-state index < -0.39 is 0 Å². The average molecular weight is 293 g/mol. The molecule has 0 radical (unpaired) electrons. The van der Waals surface area contributed by atoms with E-state index in [4.69, 9.17) is 0 Å². The first-order valence-corrected chi connectivity index (χ1v) is 7.69. The minimum atomic E-state index is -0.337. The summed E-state index contributed by atoms with van der Waals surface area (Å²) in [6.45, 7) is 5.90. The number of hydrogen-bond donors (Lipinski definition) is 2. The van der Waals surface area contributed by atoms with Crippen LogP contribution in [-0.4, -0.2) is 43.0 Å². The molecule has 1 aromatic rings. The summed E-state index contributed by atoms with van der Waals surface area (Å²) in [5.74, 6) is -0.404. The van der Waals surface area contributed by atoms with E-state index in [0.29, 0.717) is 18.2 Å². The Hall–Kier alpha value is -1.46. The molecule has 0 spiro atoms. The van der Waals surface area contributed by atoms with E-state index in [0.717, 1.165) is 26.2 Å². The first kappa shape index (κ1) is 15.9. The summed E-state index contributed by atoms with van der Waals surface area (Å²) in [5.41, 5.74) is 0.516. The Balaban J connectivity index is 1.79. The molecule has 1 atom stereocenters. The molecule has 5 heteroatoms. The standard InChI is InChI=1S/C16H24FN3O/c1-2-20(15-7-4-9-18-12-15)10-8-16(21)19-14-6-3-5-13(17)11-14/h3,5-6,11,15,18H,2,4,7-10,12H2,1H3,(H,19,21). The number of anilines is 1. The number of nitrogens with zero attached hydrogens (tertiary/aromatic N) is 1. The maximum atomic E-state index is 13.1. The number of benzene rings is 1. The zero-order valence-corrected chi connectivity index (χ0v) is 12.6. The number of hydrogen-bond acceptors (Lipinski definition) is 3. The third kappa shape index (κ3) is 5.10. The lowest BCUT2D eigenvalue weighted by Crippen LogP contribution is -2.46. The second-order valence-electron chi connectivity index (χ2n) is 5.44. The molecule has 1 aromatic carbocycles. The molecule has 2 N–H and O–H groups in total. The van der Waals surface area contributed by atoms with E-state index in [1.165, 1.54) is 25.0 Å². The summed E-state index contributed by atoms with van der Waals surface area (Å²) in [5, 5.41) is 6.14. The van der Waals surface area contributed by atoms with Crippen LogP contribution in [0.4, 0.5) is 10.1 Å². The van der Waals surface area contributed by atoms with Crippen LogP contribution in [0.25, 0.3) is 0 Å². The smallest absolute Gasteiger partial charge is 0.225 e. The van der Waals surface area contributed by atoms with Gasteiger partial charge < -0.3 is 10.6 Å². The fourth-order valence-corrected chi connectivity index (χ4v) is 2.78. The zero-order chi connectivity index (χ0) is 15.1. The number of carbonyl (C=O) groups is 1. The van der Waals surface area contributed by atoms with Gasteiger partial charge in [-0.2, -0.15) is 0 Å². The van der Waals surface area contributed by atoms with Crippen molar-refractivity contribution < 1.29 is 9.18 Å². The van der Waals surface area contributed by atoms with Gasteiger partial charge in [0.25, 0.3) is 0 Å². The molecule has 1 aliphatic rings. The third-order valence-electron chi connectivity index (χ3n) is 3.93. The highest BCUT2D eigenvalue weighted by atomic mass is 19.1. The van der Waals surface area contributed by atoms with Crippen molar-refractivity contribution in [2.45, 2.75) is 32.2 Å². The van der Waals surface area contributed by atoms with Crippen LogP contribution in [0.5, 0.6) is 0 Å². The van der Waals surface area contributed by atoms with E-state index in [9.17, 15) is 9.18 Å². The van der Waals surface area contributed by atoms with Crippen LogP contribution in [0.3, 0.4) is 0 Å². The molecule has 4 nitrogen and oxygen atoms in total. The van der Waals surface area contributed by atoms with Crippen LogP contribution in [0.15, 0.2) is 24.3 Å². The van der Waals surface area contributed by atoms with Crippen LogP contribution >= 0.6 is 0 Å². The van der Waals surface area contributed by atoms with Crippen molar-refractivity contribution in [1.29, 1.82) is 0 Å². The molecule has 1 fully saturated rings. The molecule has 1 heterocycles. The van der Waals surface area contributed by atoms with Crippen molar-refractivity contribution in [1.82, 2.24) is 10.2 Å². The number of piperidine rings is 1. The van der Waals surface area contributed by atoms with E-state index in [1.807, 2.05) is 0 Å². The van der Waals surface area contributed by atoms with Crippen molar-refractivity contribution in [2.24, 2.45) is 0 Å². The Morgan fingerprint density at radius 3 is 3.05 bits per heavy atom. The zero-order valence-electron chi connectivity index (χ0n) is 12.6. The molecule has 1 amide bonds. The molecule has 0 aromatic heterocycles. The number of nitrogens with one attached hydrogen (secondary N) is 2. The minimum absolute atomic E-state index is 0.0668. The molecule has 1 unspecified atom stereocenters. The van der Waals surface area contributed by atoms with Crippen LogP contribution in [0.2, 0.25) is 0 Å². The van der Waals surface area contributed by atoms with Crippen molar-refractivity contribution in [3.05, 3.63) is 30.1 Å². The largest absolute Gasteiger partial charge is 0.326 e. The summed E-state index contributed by atoms with van der Waals surface area (Å²) in [4.78, 5) is 14.3. The van der Waals surface area contributed by atoms with Crippen LogP contribution in [0, 0.1) is 5.82 Å². The van der Waals surface area contributed by atoms with Gasteiger partial charge in [-0.3, -0.25) is 9.69 Å². The lowest BCUT2D eigenvalue weighted by atomic mass is 10.1. The molecule has 0 aliphatic carbocycles. The molecule has 116 valence electrons. The van der Waals surface area contributed by atoms with Crippen molar-refractivity contribution in [3.63, 3.8) is 0 Å². The summed E-state index contributed by atoms with van der Waals surface area (Å²) < 4.78 is 13.1. The fraction of sp³-hybridized carbons (Fsp3) is 0.562. The molecule has 1 aliphatic heterocycles.